The minimum atomic E-state index is -1.11. The lowest BCUT2D eigenvalue weighted by molar-refractivity contribution is 0.118. The van der Waals surface area contributed by atoms with Crippen molar-refractivity contribution in [2.75, 3.05) is 13.6 Å². The molecule has 4 nitrogen and oxygen atoms in total. The van der Waals surface area contributed by atoms with E-state index in [0.29, 0.717) is 6.54 Å². The van der Waals surface area contributed by atoms with E-state index in [1.165, 1.54) is 0 Å². The number of fused-ring (bicyclic) bond motifs is 1. The number of hydrogen-bond acceptors (Lipinski definition) is 3. The fraction of sp³-hybridized carbons (Fsp3) is 0.278. The van der Waals surface area contributed by atoms with Crippen LogP contribution in [-0.2, 0) is 13.6 Å². The molecule has 1 atom stereocenters. The first-order valence-electron chi connectivity index (χ1n) is 7.67. The highest BCUT2D eigenvalue weighted by molar-refractivity contribution is 5.75. The van der Waals surface area contributed by atoms with Gasteiger partial charge >= 0.3 is 0 Å². The van der Waals surface area contributed by atoms with E-state index in [2.05, 4.69) is 4.98 Å². The molecule has 0 saturated carbocycles. The lowest BCUT2D eigenvalue weighted by Crippen LogP contribution is -2.26. The molecular weight excluding hydrogens is 312 g/mol. The normalized spacial score (nSPS) is 12.9. The molecule has 1 N–H and O–H groups in total. The van der Waals surface area contributed by atoms with Crippen molar-refractivity contribution in [3.63, 3.8) is 0 Å². The van der Waals surface area contributed by atoms with Crippen LogP contribution in [0.3, 0.4) is 0 Å². The average Bonchev–Trinajstić information content (AvgIpc) is 2.86. The maximum Gasteiger partial charge on any atom is 0.129 e. The number of aromatic nitrogens is 2. The molecule has 0 saturated heterocycles. The van der Waals surface area contributed by atoms with Gasteiger partial charge < -0.3 is 9.67 Å². The highest BCUT2D eigenvalue weighted by atomic mass is 19.1. The summed E-state index contributed by atoms with van der Waals surface area (Å²) in [5.41, 5.74) is 1.89. The third kappa shape index (κ3) is 3.29. The van der Waals surface area contributed by atoms with Crippen LogP contribution < -0.4 is 0 Å². The van der Waals surface area contributed by atoms with Gasteiger partial charge in [0.05, 0.1) is 23.7 Å². The summed E-state index contributed by atoms with van der Waals surface area (Å²) in [6.45, 7) is 0.656. The number of imidazole rings is 1. The number of aliphatic hydroxyl groups is 1. The van der Waals surface area contributed by atoms with Crippen LogP contribution in [0.5, 0.6) is 0 Å². The molecule has 0 aliphatic rings. The maximum absolute atomic E-state index is 13.7. The molecule has 0 fully saturated rings. The molecule has 6 heteroatoms. The van der Waals surface area contributed by atoms with Gasteiger partial charge in [0.25, 0.3) is 0 Å². The van der Waals surface area contributed by atoms with Crippen molar-refractivity contribution in [1.82, 2.24) is 14.5 Å². The third-order valence-electron chi connectivity index (χ3n) is 4.09. The zero-order valence-corrected chi connectivity index (χ0v) is 13.6. The lowest BCUT2D eigenvalue weighted by Gasteiger charge is -2.21. The van der Waals surface area contributed by atoms with Crippen LogP contribution in [0, 0.1) is 11.6 Å². The highest BCUT2D eigenvalue weighted by Gasteiger charge is 2.17. The summed E-state index contributed by atoms with van der Waals surface area (Å²) in [6, 6.07) is 10.9. The zero-order chi connectivity index (χ0) is 17.3. The van der Waals surface area contributed by atoms with Gasteiger partial charge in [-0.25, -0.2) is 13.8 Å². The van der Waals surface area contributed by atoms with Crippen LogP contribution in [0.4, 0.5) is 8.78 Å². The molecule has 0 aliphatic carbocycles. The van der Waals surface area contributed by atoms with E-state index < -0.39 is 17.7 Å². The average molecular weight is 331 g/mol. The van der Waals surface area contributed by atoms with Crippen LogP contribution >= 0.6 is 0 Å². The standard InChI is InChI=1S/C18H19F2N3O/c1-22(10-17(24)13-9-12(19)7-8-14(13)20)11-18-21-15-5-3-4-6-16(15)23(18)2/h3-9,17,24H,10-11H2,1-2H3. The van der Waals surface area contributed by atoms with Crippen LogP contribution in [0.1, 0.15) is 17.5 Å². The van der Waals surface area contributed by atoms with Gasteiger partial charge in [0.2, 0.25) is 0 Å². The summed E-state index contributed by atoms with van der Waals surface area (Å²) in [4.78, 5) is 6.40. The van der Waals surface area contributed by atoms with E-state index in [9.17, 15) is 13.9 Å². The monoisotopic (exact) mass is 331 g/mol. The van der Waals surface area contributed by atoms with Crippen molar-refractivity contribution in [2.45, 2.75) is 12.6 Å². The predicted octanol–water partition coefficient (Wildman–Crippen LogP) is 3.02. The summed E-state index contributed by atoms with van der Waals surface area (Å²) in [5, 5.41) is 10.2. The number of hydrogen-bond donors (Lipinski definition) is 1. The fourth-order valence-corrected chi connectivity index (χ4v) is 2.81. The second kappa shape index (κ2) is 6.67. The quantitative estimate of drug-likeness (QED) is 0.781. The van der Waals surface area contributed by atoms with Gasteiger partial charge in [0, 0.05) is 19.2 Å². The van der Waals surface area contributed by atoms with Crippen molar-refractivity contribution in [3.05, 3.63) is 65.5 Å². The number of halogens is 2. The van der Waals surface area contributed by atoms with Crippen molar-refractivity contribution < 1.29 is 13.9 Å². The van der Waals surface area contributed by atoms with Crippen LogP contribution in [-0.4, -0.2) is 33.1 Å². The van der Waals surface area contributed by atoms with Crippen LogP contribution in [0.2, 0.25) is 0 Å². The van der Waals surface area contributed by atoms with Crippen LogP contribution in [0.15, 0.2) is 42.5 Å². The molecule has 1 aromatic heterocycles. The number of para-hydroxylation sites is 2. The Bertz CT molecular complexity index is 863. The summed E-state index contributed by atoms with van der Waals surface area (Å²) >= 11 is 0. The molecule has 0 bridgehead atoms. The predicted molar refractivity (Wildman–Crippen MR) is 88.4 cm³/mol. The van der Waals surface area contributed by atoms with E-state index in [0.717, 1.165) is 35.1 Å². The first-order chi connectivity index (χ1) is 11.5. The SMILES string of the molecule is CN(Cc1nc2ccccc2n1C)CC(O)c1cc(F)ccc1F. The molecule has 0 aliphatic heterocycles. The highest BCUT2D eigenvalue weighted by Crippen LogP contribution is 2.20. The number of rotatable bonds is 5. The van der Waals surface area contributed by atoms with Gasteiger partial charge in [-0.05, 0) is 37.4 Å². The van der Waals surface area contributed by atoms with Gasteiger partial charge in [-0.1, -0.05) is 12.1 Å². The molecule has 3 rings (SSSR count). The van der Waals surface area contributed by atoms with Gasteiger partial charge in [-0.3, -0.25) is 4.90 Å². The number of benzene rings is 2. The van der Waals surface area contributed by atoms with E-state index in [1.807, 2.05) is 40.8 Å². The molecule has 1 unspecified atom stereocenters. The topological polar surface area (TPSA) is 41.3 Å². The Morgan fingerprint density at radius 2 is 1.96 bits per heavy atom. The minimum absolute atomic E-state index is 0.0353. The first kappa shape index (κ1) is 16.5. The second-order valence-electron chi connectivity index (χ2n) is 5.95. The molecule has 0 spiro atoms. The third-order valence-corrected chi connectivity index (χ3v) is 4.09. The Hall–Kier alpha value is -2.31. The summed E-state index contributed by atoms with van der Waals surface area (Å²) in [6.07, 6.45) is -1.11. The Labute approximate surface area is 139 Å². The Kier molecular flexibility index (Phi) is 4.59. The lowest BCUT2D eigenvalue weighted by atomic mass is 10.1. The largest absolute Gasteiger partial charge is 0.387 e. The molecular formula is C18H19F2N3O. The smallest absolute Gasteiger partial charge is 0.129 e. The van der Waals surface area contributed by atoms with Crippen molar-refractivity contribution in [1.29, 1.82) is 0 Å². The molecule has 1 heterocycles. The molecule has 0 radical (unpaired) electrons. The van der Waals surface area contributed by atoms with Crippen LogP contribution in [0.25, 0.3) is 11.0 Å². The Morgan fingerprint density at radius 3 is 2.71 bits per heavy atom. The molecule has 126 valence electrons. The summed E-state index contributed by atoms with van der Waals surface area (Å²) in [5.74, 6) is -0.339. The number of aliphatic hydroxyl groups excluding tert-OH is 1. The summed E-state index contributed by atoms with van der Waals surface area (Å²) in [7, 11) is 3.74. The Balaban J connectivity index is 1.73. The minimum Gasteiger partial charge on any atom is -0.387 e. The zero-order valence-electron chi connectivity index (χ0n) is 13.6. The van der Waals surface area contributed by atoms with E-state index in [-0.39, 0.29) is 12.1 Å². The Morgan fingerprint density at radius 1 is 1.21 bits per heavy atom. The first-order valence-corrected chi connectivity index (χ1v) is 7.67. The summed E-state index contributed by atoms with van der Waals surface area (Å²) < 4.78 is 29.0. The fourth-order valence-electron chi connectivity index (χ4n) is 2.81. The molecule has 0 amide bonds. The van der Waals surface area contributed by atoms with Crippen molar-refractivity contribution in [3.8, 4) is 0 Å². The van der Waals surface area contributed by atoms with Crippen molar-refractivity contribution in [2.24, 2.45) is 7.05 Å². The molecule has 3 aromatic rings. The number of aryl methyl sites for hydroxylation is 1. The van der Waals surface area contributed by atoms with Gasteiger partial charge in [0.1, 0.15) is 17.5 Å². The second-order valence-corrected chi connectivity index (χ2v) is 5.95. The van der Waals surface area contributed by atoms with E-state index in [4.69, 9.17) is 0 Å². The van der Waals surface area contributed by atoms with Gasteiger partial charge in [-0.2, -0.15) is 0 Å². The molecule has 2 aromatic carbocycles. The van der Waals surface area contributed by atoms with Crippen molar-refractivity contribution >= 4 is 11.0 Å². The number of nitrogens with zero attached hydrogens (tertiary/aromatic N) is 3. The maximum atomic E-state index is 13.7. The van der Waals surface area contributed by atoms with E-state index >= 15 is 0 Å². The molecule has 24 heavy (non-hydrogen) atoms. The number of likely N-dealkylation sites (N-methyl/N-ethyl adjacent to an activating group) is 1. The van der Waals surface area contributed by atoms with Gasteiger partial charge in [-0.15, -0.1) is 0 Å². The van der Waals surface area contributed by atoms with Gasteiger partial charge in [0.15, 0.2) is 0 Å². The van der Waals surface area contributed by atoms with E-state index in [1.54, 1.807) is 7.05 Å².